The maximum absolute atomic E-state index is 12.7. The van der Waals surface area contributed by atoms with Gasteiger partial charge in [0.15, 0.2) is 0 Å². The predicted octanol–water partition coefficient (Wildman–Crippen LogP) is 4.24. The average Bonchev–Trinajstić information content (AvgIpc) is 2.77. The topological polar surface area (TPSA) is 64.1 Å². The van der Waals surface area contributed by atoms with Crippen LogP contribution in [0.1, 0.15) is 16.1 Å². The molecule has 0 spiro atoms. The molecule has 138 valence electrons. The van der Waals surface area contributed by atoms with Crippen LogP contribution in [0.5, 0.6) is 5.75 Å². The number of nitrogens with one attached hydrogen (secondary N) is 1. The Kier molecular flexibility index (Phi) is 4.97. The highest BCUT2D eigenvalue weighted by Gasteiger charge is 2.12. The number of methoxy groups -OCH3 is 1. The number of pyridine rings is 2. The second kappa shape index (κ2) is 7.88. The fourth-order valence-corrected chi connectivity index (χ4v) is 3.11. The minimum Gasteiger partial charge on any atom is -0.496 e. The molecule has 4 rings (SSSR count). The lowest BCUT2D eigenvalue weighted by atomic mass is 10.0. The third kappa shape index (κ3) is 3.55. The first-order chi connectivity index (χ1) is 13.8. The predicted molar refractivity (Wildman–Crippen MR) is 109 cm³/mol. The van der Waals surface area contributed by atoms with Crippen LogP contribution in [0.15, 0.2) is 79.1 Å². The number of hydrogen-bond acceptors (Lipinski definition) is 4. The van der Waals surface area contributed by atoms with Crippen molar-refractivity contribution >= 4 is 16.8 Å². The third-order valence-electron chi connectivity index (χ3n) is 4.55. The van der Waals surface area contributed by atoms with Gasteiger partial charge in [0.2, 0.25) is 0 Å². The minimum atomic E-state index is -0.233. The number of fused-ring (bicyclic) bond motifs is 1. The molecule has 0 unspecified atom stereocenters. The molecule has 0 atom stereocenters. The van der Waals surface area contributed by atoms with E-state index in [1.54, 1.807) is 25.6 Å². The van der Waals surface area contributed by atoms with Gasteiger partial charge in [0.25, 0.3) is 5.91 Å². The molecule has 2 aromatic heterocycles. The first-order valence-electron chi connectivity index (χ1n) is 8.96. The molecule has 0 aliphatic rings. The average molecular weight is 369 g/mol. The number of hydrogen-bond donors (Lipinski definition) is 1. The number of para-hydroxylation sites is 1. The molecule has 0 bridgehead atoms. The van der Waals surface area contributed by atoms with Crippen LogP contribution in [0.2, 0.25) is 0 Å². The molecule has 0 fully saturated rings. The number of ether oxygens (including phenoxy) is 1. The summed E-state index contributed by atoms with van der Waals surface area (Å²) in [6.45, 7) is 0.366. The van der Waals surface area contributed by atoms with Gasteiger partial charge in [-0.2, -0.15) is 0 Å². The SMILES string of the molecule is COc1ccccc1CNC(=O)c1ccc2cncc(-c3ccccc3)c2n1. The summed E-state index contributed by atoms with van der Waals surface area (Å²) in [6.07, 6.45) is 3.53. The number of nitrogens with zero attached hydrogens (tertiary/aromatic N) is 2. The molecule has 0 aliphatic heterocycles. The van der Waals surface area contributed by atoms with E-state index in [0.717, 1.165) is 33.3 Å². The largest absolute Gasteiger partial charge is 0.496 e. The van der Waals surface area contributed by atoms with Crippen molar-refractivity contribution in [3.63, 3.8) is 0 Å². The van der Waals surface area contributed by atoms with Crippen LogP contribution in [0.25, 0.3) is 22.0 Å². The van der Waals surface area contributed by atoms with E-state index < -0.39 is 0 Å². The van der Waals surface area contributed by atoms with Gasteiger partial charge in [-0.1, -0.05) is 48.5 Å². The Morgan fingerprint density at radius 1 is 0.964 bits per heavy atom. The summed E-state index contributed by atoms with van der Waals surface area (Å²) >= 11 is 0. The van der Waals surface area contributed by atoms with Gasteiger partial charge in [0.05, 0.1) is 12.6 Å². The zero-order valence-electron chi connectivity index (χ0n) is 15.4. The van der Waals surface area contributed by atoms with E-state index >= 15 is 0 Å². The van der Waals surface area contributed by atoms with Crippen molar-refractivity contribution in [2.45, 2.75) is 6.54 Å². The summed E-state index contributed by atoms with van der Waals surface area (Å²) in [5.74, 6) is 0.510. The van der Waals surface area contributed by atoms with Crippen molar-refractivity contribution < 1.29 is 9.53 Å². The first-order valence-corrected chi connectivity index (χ1v) is 8.96. The highest BCUT2D eigenvalue weighted by Crippen LogP contribution is 2.26. The quantitative estimate of drug-likeness (QED) is 0.572. The molecule has 0 aliphatic carbocycles. The van der Waals surface area contributed by atoms with Gasteiger partial charge >= 0.3 is 0 Å². The van der Waals surface area contributed by atoms with Gasteiger partial charge in [-0.3, -0.25) is 9.78 Å². The van der Waals surface area contributed by atoms with Gasteiger partial charge in [-0.15, -0.1) is 0 Å². The van der Waals surface area contributed by atoms with Crippen LogP contribution in [-0.4, -0.2) is 23.0 Å². The lowest BCUT2D eigenvalue weighted by molar-refractivity contribution is 0.0946. The Bertz CT molecular complexity index is 1130. The third-order valence-corrected chi connectivity index (χ3v) is 4.55. The van der Waals surface area contributed by atoms with Gasteiger partial charge in [0.1, 0.15) is 11.4 Å². The van der Waals surface area contributed by atoms with Crippen LogP contribution in [-0.2, 0) is 6.54 Å². The first kappa shape index (κ1) is 17.7. The maximum Gasteiger partial charge on any atom is 0.270 e. The zero-order chi connectivity index (χ0) is 19.3. The molecular weight excluding hydrogens is 350 g/mol. The van der Waals surface area contributed by atoms with Crippen molar-refractivity contribution in [2.75, 3.05) is 7.11 Å². The van der Waals surface area contributed by atoms with Crippen molar-refractivity contribution in [3.8, 4) is 16.9 Å². The second-order valence-corrected chi connectivity index (χ2v) is 6.32. The zero-order valence-corrected chi connectivity index (χ0v) is 15.4. The molecule has 2 heterocycles. The smallest absolute Gasteiger partial charge is 0.270 e. The fraction of sp³-hybridized carbons (Fsp3) is 0.0870. The minimum absolute atomic E-state index is 0.233. The van der Waals surface area contributed by atoms with Crippen molar-refractivity contribution in [2.24, 2.45) is 0 Å². The van der Waals surface area contributed by atoms with E-state index in [9.17, 15) is 4.79 Å². The van der Waals surface area contributed by atoms with Gasteiger partial charge in [0, 0.05) is 35.5 Å². The number of rotatable bonds is 5. The molecule has 5 heteroatoms. The van der Waals surface area contributed by atoms with Crippen LogP contribution in [0.3, 0.4) is 0 Å². The van der Waals surface area contributed by atoms with Crippen LogP contribution in [0, 0.1) is 0 Å². The number of carbonyl (C=O) groups is 1. The summed E-state index contributed by atoms with van der Waals surface area (Å²) < 4.78 is 5.33. The number of carbonyl (C=O) groups excluding carboxylic acids is 1. The summed E-state index contributed by atoms with van der Waals surface area (Å²) in [7, 11) is 1.62. The van der Waals surface area contributed by atoms with Crippen molar-refractivity contribution in [3.05, 3.63) is 90.4 Å². The normalized spacial score (nSPS) is 10.6. The van der Waals surface area contributed by atoms with Crippen LogP contribution in [0.4, 0.5) is 0 Å². The molecule has 2 aromatic carbocycles. The Morgan fingerprint density at radius 3 is 2.57 bits per heavy atom. The van der Waals surface area contributed by atoms with E-state index in [0.29, 0.717) is 12.2 Å². The summed E-state index contributed by atoms with van der Waals surface area (Å²) in [5.41, 5.74) is 3.95. The van der Waals surface area contributed by atoms with Gasteiger partial charge in [-0.05, 0) is 23.8 Å². The molecule has 1 amide bonds. The summed E-state index contributed by atoms with van der Waals surface area (Å²) in [6, 6.07) is 21.1. The number of aromatic nitrogens is 2. The van der Waals surface area contributed by atoms with Gasteiger partial charge < -0.3 is 10.1 Å². The highest BCUT2D eigenvalue weighted by atomic mass is 16.5. The lowest BCUT2D eigenvalue weighted by Crippen LogP contribution is -2.24. The second-order valence-electron chi connectivity index (χ2n) is 6.32. The van der Waals surface area contributed by atoms with Crippen molar-refractivity contribution in [1.29, 1.82) is 0 Å². The molecule has 1 N–H and O–H groups in total. The molecule has 4 aromatic rings. The molecule has 0 saturated carbocycles. The van der Waals surface area contributed by atoms with Crippen LogP contribution < -0.4 is 10.1 Å². The van der Waals surface area contributed by atoms with E-state index in [4.69, 9.17) is 4.74 Å². The van der Waals surface area contributed by atoms with E-state index in [-0.39, 0.29) is 5.91 Å². The molecule has 28 heavy (non-hydrogen) atoms. The van der Waals surface area contributed by atoms with E-state index in [1.165, 1.54) is 0 Å². The lowest BCUT2D eigenvalue weighted by Gasteiger charge is -2.10. The number of amides is 1. The number of benzene rings is 2. The highest BCUT2D eigenvalue weighted by molar-refractivity contribution is 5.98. The molecule has 0 radical (unpaired) electrons. The Morgan fingerprint density at radius 2 is 1.75 bits per heavy atom. The van der Waals surface area contributed by atoms with Crippen LogP contribution >= 0.6 is 0 Å². The maximum atomic E-state index is 12.7. The van der Waals surface area contributed by atoms with Gasteiger partial charge in [-0.25, -0.2) is 4.98 Å². The summed E-state index contributed by atoms with van der Waals surface area (Å²) in [5, 5.41) is 3.81. The van der Waals surface area contributed by atoms with Crippen molar-refractivity contribution in [1.82, 2.24) is 15.3 Å². The molecule has 0 saturated heterocycles. The summed E-state index contributed by atoms with van der Waals surface area (Å²) in [4.78, 5) is 21.6. The Hall–Kier alpha value is -3.73. The standard InChI is InChI=1S/C23H19N3O2/c1-28-21-10-6-5-9-17(21)14-25-23(27)20-12-11-18-13-24-15-19(22(18)26-20)16-7-3-2-4-8-16/h2-13,15H,14H2,1H3,(H,25,27). The fourth-order valence-electron chi connectivity index (χ4n) is 3.11. The van der Waals surface area contributed by atoms with E-state index in [2.05, 4.69) is 15.3 Å². The molecular formula is C23H19N3O2. The van der Waals surface area contributed by atoms with E-state index in [1.807, 2.05) is 60.7 Å². The molecule has 5 nitrogen and oxygen atoms in total. The Labute approximate surface area is 163 Å². The monoisotopic (exact) mass is 369 g/mol. The Balaban J connectivity index is 1.63.